The molecule has 0 bridgehead atoms. The molecule has 0 fully saturated rings. The second-order valence-corrected chi connectivity index (χ2v) is 7.31. The number of carbonyl (C=O) groups is 2. The first-order valence-corrected chi connectivity index (χ1v) is 8.43. The van der Waals surface area contributed by atoms with Gasteiger partial charge in [-0.2, -0.15) is 0 Å². The average Bonchev–Trinajstić information content (AvgIpc) is 2.51. The van der Waals surface area contributed by atoms with Gasteiger partial charge in [0.2, 0.25) is 5.92 Å². The highest BCUT2D eigenvalue weighted by molar-refractivity contribution is 5.81. The molecule has 1 aromatic rings. The van der Waals surface area contributed by atoms with Crippen molar-refractivity contribution in [2.24, 2.45) is 0 Å². The van der Waals surface area contributed by atoms with Crippen molar-refractivity contribution in [2.45, 2.75) is 64.7 Å². The van der Waals surface area contributed by atoms with Gasteiger partial charge in [0.05, 0.1) is 0 Å². The van der Waals surface area contributed by atoms with Crippen LogP contribution in [0, 0.1) is 0 Å². The number of amides is 1. The minimum absolute atomic E-state index is 0.000843. The lowest BCUT2D eigenvalue weighted by Gasteiger charge is -2.30. The Morgan fingerprint density at radius 3 is 2.19 bits per heavy atom. The Labute approximate surface area is 153 Å². The molecular weight excluding hydrogens is 344 g/mol. The van der Waals surface area contributed by atoms with Crippen molar-refractivity contribution >= 4 is 12.1 Å². The third-order valence-corrected chi connectivity index (χ3v) is 3.50. The highest BCUT2D eigenvalue weighted by Gasteiger charge is 2.34. The number of likely N-dealkylation sites (N-methyl/N-ethyl adjacent to an activating group) is 1. The molecule has 1 atom stereocenters. The van der Waals surface area contributed by atoms with E-state index >= 15 is 0 Å². The fourth-order valence-electron chi connectivity index (χ4n) is 2.15. The van der Waals surface area contributed by atoms with Gasteiger partial charge in [0, 0.05) is 13.5 Å². The lowest BCUT2D eigenvalue weighted by atomic mass is 10.1. The minimum atomic E-state index is -2.95. The van der Waals surface area contributed by atoms with E-state index in [1.54, 1.807) is 45.0 Å². The lowest BCUT2D eigenvalue weighted by Crippen LogP contribution is -2.46. The van der Waals surface area contributed by atoms with Crippen LogP contribution in [0.2, 0.25) is 0 Å². The zero-order valence-corrected chi connectivity index (χ0v) is 15.9. The second-order valence-electron chi connectivity index (χ2n) is 7.31. The third-order valence-electron chi connectivity index (χ3n) is 3.50. The number of benzene rings is 1. The van der Waals surface area contributed by atoms with Gasteiger partial charge in [0.1, 0.15) is 18.2 Å². The molecular formula is C19H27F2NO4. The van der Waals surface area contributed by atoms with Gasteiger partial charge in [-0.05, 0) is 39.7 Å². The monoisotopic (exact) mass is 371 g/mol. The number of ether oxygens (including phenoxy) is 2. The summed E-state index contributed by atoms with van der Waals surface area (Å²) >= 11 is 0. The fraction of sp³-hybridized carbons (Fsp3) is 0.579. The summed E-state index contributed by atoms with van der Waals surface area (Å²) in [6, 6.07) is 7.82. The molecule has 1 aromatic carbocycles. The average molecular weight is 371 g/mol. The van der Waals surface area contributed by atoms with E-state index < -0.39 is 36.0 Å². The minimum Gasteiger partial charge on any atom is -0.459 e. The van der Waals surface area contributed by atoms with Crippen LogP contribution in [0.4, 0.5) is 13.6 Å². The number of hydrogen-bond acceptors (Lipinski definition) is 4. The Morgan fingerprint density at radius 2 is 1.69 bits per heavy atom. The summed E-state index contributed by atoms with van der Waals surface area (Å²) in [7, 11) is 1.34. The summed E-state index contributed by atoms with van der Waals surface area (Å²) in [6.45, 7) is 5.82. The molecule has 0 aliphatic heterocycles. The molecule has 7 heteroatoms. The van der Waals surface area contributed by atoms with Crippen molar-refractivity contribution in [1.82, 2.24) is 4.90 Å². The summed E-state index contributed by atoms with van der Waals surface area (Å²) in [6.07, 6.45) is -1.54. The highest BCUT2D eigenvalue weighted by atomic mass is 19.3. The van der Waals surface area contributed by atoms with E-state index in [0.29, 0.717) is 0 Å². The first-order valence-electron chi connectivity index (χ1n) is 8.43. The van der Waals surface area contributed by atoms with E-state index in [1.807, 2.05) is 6.07 Å². The zero-order valence-electron chi connectivity index (χ0n) is 15.9. The van der Waals surface area contributed by atoms with Crippen LogP contribution in [0.1, 0.15) is 46.1 Å². The summed E-state index contributed by atoms with van der Waals surface area (Å²) in [5, 5.41) is 0. The van der Waals surface area contributed by atoms with Crippen LogP contribution in [0.15, 0.2) is 30.3 Å². The van der Waals surface area contributed by atoms with Gasteiger partial charge in [0.15, 0.2) is 0 Å². The maximum absolute atomic E-state index is 13.2. The first kappa shape index (κ1) is 21.9. The molecule has 146 valence electrons. The fourth-order valence-corrected chi connectivity index (χ4v) is 2.15. The Bertz CT molecular complexity index is 594. The Balaban J connectivity index is 2.81. The van der Waals surface area contributed by atoms with Gasteiger partial charge in [-0.1, -0.05) is 30.3 Å². The topological polar surface area (TPSA) is 55.8 Å². The molecule has 5 nitrogen and oxygen atoms in total. The smallest absolute Gasteiger partial charge is 0.410 e. The van der Waals surface area contributed by atoms with Crippen LogP contribution in [-0.4, -0.2) is 41.6 Å². The van der Waals surface area contributed by atoms with Crippen LogP contribution in [0.25, 0.3) is 0 Å². The Kier molecular flexibility index (Phi) is 7.54. The van der Waals surface area contributed by atoms with Gasteiger partial charge in [-0.15, -0.1) is 0 Å². The van der Waals surface area contributed by atoms with Gasteiger partial charge in [-0.25, -0.2) is 18.4 Å². The number of nitrogens with zero attached hydrogens (tertiary/aromatic N) is 1. The molecule has 0 saturated carbocycles. The molecule has 1 rings (SSSR count). The largest absolute Gasteiger partial charge is 0.459 e. The standard InChI is InChI=1S/C19H27F2NO4/c1-18(2,3)26-17(24)22(5)15(11-12-19(4,20)21)16(23)25-13-14-9-7-6-8-10-14/h6-10,15H,11-13H2,1-5H3/t15-/m0/s1. The van der Waals surface area contributed by atoms with Crippen molar-refractivity contribution < 1.29 is 27.8 Å². The molecule has 0 heterocycles. The second kappa shape index (κ2) is 8.96. The quantitative estimate of drug-likeness (QED) is 0.667. The molecule has 0 aromatic heterocycles. The highest BCUT2D eigenvalue weighted by Crippen LogP contribution is 2.23. The predicted molar refractivity (Wildman–Crippen MR) is 93.9 cm³/mol. The molecule has 26 heavy (non-hydrogen) atoms. The number of hydrogen-bond donors (Lipinski definition) is 0. The van der Waals surface area contributed by atoms with Crippen molar-refractivity contribution in [1.29, 1.82) is 0 Å². The molecule has 0 radical (unpaired) electrons. The van der Waals surface area contributed by atoms with Crippen LogP contribution in [0.5, 0.6) is 0 Å². The Hall–Kier alpha value is -2.18. The number of esters is 1. The zero-order chi connectivity index (χ0) is 20.0. The van der Waals surface area contributed by atoms with Crippen molar-refractivity contribution in [3.63, 3.8) is 0 Å². The van der Waals surface area contributed by atoms with E-state index in [0.717, 1.165) is 17.4 Å². The number of rotatable bonds is 7. The number of halogens is 2. The maximum Gasteiger partial charge on any atom is 0.410 e. The normalized spacial score (nSPS) is 13.0. The van der Waals surface area contributed by atoms with Crippen molar-refractivity contribution in [3.8, 4) is 0 Å². The van der Waals surface area contributed by atoms with Gasteiger partial charge in [-0.3, -0.25) is 4.90 Å². The Morgan fingerprint density at radius 1 is 1.12 bits per heavy atom. The van der Waals surface area contributed by atoms with E-state index in [1.165, 1.54) is 7.05 Å². The molecule has 0 N–H and O–H groups in total. The molecule has 0 aliphatic carbocycles. The summed E-state index contributed by atoms with van der Waals surface area (Å²) < 4.78 is 36.9. The van der Waals surface area contributed by atoms with E-state index in [4.69, 9.17) is 9.47 Å². The van der Waals surface area contributed by atoms with Crippen LogP contribution in [-0.2, 0) is 20.9 Å². The predicted octanol–water partition coefficient (Wildman–Crippen LogP) is 4.40. The summed E-state index contributed by atoms with van der Waals surface area (Å²) in [5.41, 5.74) is -0.00114. The molecule has 0 unspecified atom stereocenters. The van der Waals surface area contributed by atoms with Crippen LogP contribution < -0.4 is 0 Å². The van der Waals surface area contributed by atoms with E-state index in [9.17, 15) is 18.4 Å². The summed E-state index contributed by atoms with van der Waals surface area (Å²) in [5.74, 6) is -3.70. The van der Waals surface area contributed by atoms with E-state index in [2.05, 4.69) is 0 Å². The number of alkyl halides is 2. The summed E-state index contributed by atoms with van der Waals surface area (Å²) in [4.78, 5) is 25.7. The van der Waals surface area contributed by atoms with E-state index in [-0.39, 0.29) is 13.0 Å². The molecule has 0 aliphatic rings. The van der Waals surface area contributed by atoms with Gasteiger partial charge >= 0.3 is 12.1 Å². The number of carbonyl (C=O) groups excluding carboxylic acids is 2. The maximum atomic E-state index is 13.2. The van der Waals surface area contributed by atoms with Crippen LogP contribution >= 0.6 is 0 Å². The molecule has 0 saturated heterocycles. The SMILES string of the molecule is CN(C(=O)OC(C)(C)C)[C@@H](CCC(C)(F)F)C(=O)OCc1ccccc1. The van der Waals surface area contributed by atoms with Crippen molar-refractivity contribution in [2.75, 3.05) is 7.05 Å². The van der Waals surface area contributed by atoms with Crippen molar-refractivity contribution in [3.05, 3.63) is 35.9 Å². The van der Waals surface area contributed by atoms with Gasteiger partial charge < -0.3 is 9.47 Å². The van der Waals surface area contributed by atoms with Gasteiger partial charge in [0.25, 0.3) is 0 Å². The van der Waals surface area contributed by atoms with Crippen LogP contribution in [0.3, 0.4) is 0 Å². The molecule has 0 spiro atoms. The first-order chi connectivity index (χ1) is 11.9. The lowest BCUT2D eigenvalue weighted by molar-refractivity contribution is -0.151. The molecule has 1 amide bonds. The third kappa shape index (κ3) is 8.27.